The van der Waals surface area contributed by atoms with Gasteiger partial charge in [-0.2, -0.15) is 11.8 Å². The first-order valence-electron chi connectivity index (χ1n) is 9.35. The Labute approximate surface area is 177 Å². The predicted octanol–water partition coefficient (Wildman–Crippen LogP) is 2.78. The van der Waals surface area contributed by atoms with Crippen LogP contribution in [-0.4, -0.2) is 39.7 Å². The van der Waals surface area contributed by atoms with E-state index in [1.807, 2.05) is 12.3 Å². The second-order valence-electron chi connectivity index (χ2n) is 6.64. The number of ether oxygens (including phenoxy) is 2. The largest absolute Gasteiger partial charge is 0.454 e. The quantitative estimate of drug-likeness (QED) is 0.601. The molecule has 1 atom stereocenters. The molecule has 1 aliphatic rings. The summed E-state index contributed by atoms with van der Waals surface area (Å²) in [5.74, 6) is 2.09. The van der Waals surface area contributed by atoms with E-state index in [1.54, 1.807) is 48.4 Å². The Balaban J connectivity index is 1.62. The first-order valence-corrected chi connectivity index (χ1v) is 10.7. The number of hydrogen-bond acceptors (Lipinski definition) is 7. The third kappa shape index (κ3) is 4.46. The second-order valence-corrected chi connectivity index (χ2v) is 7.62. The molecule has 0 bridgehead atoms. The number of carbonyl (C=O) groups is 1. The van der Waals surface area contributed by atoms with E-state index in [0.29, 0.717) is 40.6 Å². The van der Waals surface area contributed by atoms with Crippen LogP contribution >= 0.6 is 11.8 Å². The van der Waals surface area contributed by atoms with Crippen molar-refractivity contribution in [3.05, 3.63) is 70.4 Å². The normalized spacial score (nSPS) is 13.1. The first-order chi connectivity index (χ1) is 14.6. The zero-order valence-electron chi connectivity index (χ0n) is 16.3. The van der Waals surface area contributed by atoms with Gasteiger partial charge in [0.1, 0.15) is 5.82 Å². The topological polar surface area (TPSA) is 106 Å². The van der Waals surface area contributed by atoms with Crippen molar-refractivity contribution < 1.29 is 14.3 Å². The number of benzene rings is 1. The predicted molar refractivity (Wildman–Crippen MR) is 114 cm³/mol. The SMILES string of the molecule is CSCC[C@@H](NC(=O)c1ccc2c(c1)OCO2)c1cc(=O)[nH]c(-c2cccnc2)n1. The van der Waals surface area contributed by atoms with Gasteiger partial charge in [-0.25, -0.2) is 4.98 Å². The maximum absolute atomic E-state index is 12.9. The molecule has 1 aromatic carbocycles. The molecule has 0 unspecified atom stereocenters. The Morgan fingerprint density at radius 2 is 2.13 bits per heavy atom. The van der Waals surface area contributed by atoms with Crippen molar-refractivity contribution in [3.63, 3.8) is 0 Å². The van der Waals surface area contributed by atoms with Crippen molar-refractivity contribution in [1.29, 1.82) is 0 Å². The average Bonchev–Trinajstić information content (AvgIpc) is 3.24. The Hall–Kier alpha value is -3.33. The van der Waals surface area contributed by atoms with Gasteiger partial charge >= 0.3 is 0 Å². The molecule has 3 heterocycles. The molecule has 8 nitrogen and oxygen atoms in total. The van der Waals surface area contributed by atoms with E-state index >= 15 is 0 Å². The van der Waals surface area contributed by atoms with Gasteiger partial charge in [-0.05, 0) is 48.8 Å². The maximum Gasteiger partial charge on any atom is 0.251 e. The summed E-state index contributed by atoms with van der Waals surface area (Å²) in [6.45, 7) is 0.143. The number of amides is 1. The molecular weight excluding hydrogens is 404 g/mol. The van der Waals surface area contributed by atoms with Gasteiger partial charge in [-0.15, -0.1) is 0 Å². The molecule has 1 amide bonds. The van der Waals surface area contributed by atoms with Crippen LogP contribution in [0.25, 0.3) is 11.4 Å². The van der Waals surface area contributed by atoms with Gasteiger partial charge in [0.05, 0.1) is 11.7 Å². The van der Waals surface area contributed by atoms with Crippen LogP contribution in [-0.2, 0) is 0 Å². The van der Waals surface area contributed by atoms with Crippen molar-refractivity contribution in [2.75, 3.05) is 18.8 Å². The lowest BCUT2D eigenvalue weighted by Crippen LogP contribution is -2.30. The summed E-state index contributed by atoms with van der Waals surface area (Å²) in [6, 6.07) is 9.63. The highest BCUT2D eigenvalue weighted by Crippen LogP contribution is 2.32. The van der Waals surface area contributed by atoms with E-state index in [1.165, 1.54) is 6.07 Å². The first kappa shape index (κ1) is 20.0. The summed E-state index contributed by atoms with van der Waals surface area (Å²) in [5, 5.41) is 3.00. The second kappa shape index (κ2) is 9.00. The molecule has 0 spiro atoms. The van der Waals surface area contributed by atoms with Crippen LogP contribution in [0.5, 0.6) is 11.5 Å². The molecule has 4 rings (SSSR count). The van der Waals surface area contributed by atoms with E-state index in [4.69, 9.17) is 9.47 Å². The lowest BCUT2D eigenvalue weighted by Gasteiger charge is -2.18. The average molecular weight is 424 g/mol. The smallest absolute Gasteiger partial charge is 0.251 e. The van der Waals surface area contributed by atoms with Gasteiger partial charge in [0.2, 0.25) is 6.79 Å². The van der Waals surface area contributed by atoms with E-state index in [-0.39, 0.29) is 18.3 Å². The number of pyridine rings is 1. The lowest BCUT2D eigenvalue weighted by molar-refractivity contribution is 0.0934. The molecule has 30 heavy (non-hydrogen) atoms. The minimum Gasteiger partial charge on any atom is -0.454 e. The monoisotopic (exact) mass is 424 g/mol. The van der Waals surface area contributed by atoms with Gasteiger partial charge in [-0.1, -0.05) is 0 Å². The number of rotatable bonds is 7. The molecule has 0 fully saturated rings. The van der Waals surface area contributed by atoms with E-state index in [2.05, 4.69) is 20.3 Å². The number of fused-ring (bicyclic) bond motifs is 1. The minimum atomic E-state index is -0.423. The summed E-state index contributed by atoms with van der Waals surface area (Å²) >= 11 is 1.66. The number of aromatic nitrogens is 3. The molecule has 3 aromatic rings. The molecule has 0 radical (unpaired) electrons. The highest BCUT2D eigenvalue weighted by atomic mass is 32.2. The lowest BCUT2D eigenvalue weighted by atomic mass is 10.1. The van der Waals surface area contributed by atoms with Crippen molar-refractivity contribution in [3.8, 4) is 22.9 Å². The summed E-state index contributed by atoms with van der Waals surface area (Å²) in [7, 11) is 0. The van der Waals surface area contributed by atoms with Gasteiger partial charge in [0.25, 0.3) is 11.5 Å². The van der Waals surface area contributed by atoms with Gasteiger partial charge in [0, 0.05) is 29.6 Å². The van der Waals surface area contributed by atoms with Crippen LogP contribution in [0.2, 0.25) is 0 Å². The molecule has 0 saturated heterocycles. The molecule has 2 aromatic heterocycles. The summed E-state index contributed by atoms with van der Waals surface area (Å²) in [6.07, 6.45) is 5.89. The highest BCUT2D eigenvalue weighted by molar-refractivity contribution is 7.98. The van der Waals surface area contributed by atoms with Gasteiger partial charge in [-0.3, -0.25) is 14.6 Å². The fourth-order valence-electron chi connectivity index (χ4n) is 3.10. The van der Waals surface area contributed by atoms with Gasteiger partial charge in [0.15, 0.2) is 11.5 Å². The molecule has 1 aliphatic heterocycles. The molecule has 9 heteroatoms. The number of nitrogens with zero attached hydrogens (tertiary/aromatic N) is 2. The fraction of sp³-hybridized carbons (Fsp3) is 0.238. The Morgan fingerprint density at radius 1 is 1.27 bits per heavy atom. The molecule has 2 N–H and O–H groups in total. The summed E-state index contributed by atoms with van der Waals surface area (Å²) in [5.41, 5.74) is 1.36. The minimum absolute atomic E-state index is 0.143. The molecule has 0 aliphatic carbocycles. The number of thioether (sulfide) groups is 1. The summed E-state index contributed by atoms with van der Waals surface area (Å²) in [4.78, 5) is 36.6. The number of nitrogens with one attached hydrogen (secondary N) is 2. The third-order valence-electron chi connectivity index (χ3n) is 4.60. The fourth-order valence-corrected chi connectivity index (χ4v) is 3.57. The third-order valence-corrected chi connectivity index (χ3v) is 5.25. The highest BCUT2D eigenvalue weighted by Gasteiger charge is 2.21. The molecule has 154 valence electrons. The summed E-state index contributed by atoms with van der Waals surface area (Å²) < 4.78 is 10.7. The van der Waals surface area contributed by atoms with Crippen LogP contribution in [0.3, 0.4) is 0 Å². The zero-order valence-corrected chi connectivity index (χ0v) is 17.1. The van der Waals surface area contributed by atoms with Crippen molar-refractivity contribution >= 4 is 17.7 Å². The Bertz CT molecular complexity index is 1100. The molecular formula is C21H20N4O4S. The van der Waals surface area contributed by atoms with E-state index < -0.39 is 6.04 Å². The number of H-pyrrole nitrogens is 1. The zero-order chi connectivity index (χ0) is 20.9. The van der Waals surface area contributed by atoms with Crippen LogP contribution in [0.1, 0.15) is 28.5 Å². The van der Waals surface area contributed by atoms with Crippen LogP contribution in [0, 0.1) is 0 Å². The van der Waals surface area contributed by atoms with Crippen LogP contribution < -0.4 is 20.3 Å². The van der Waals surface area contributed by atoms with Crippen molar-refractivity contribution in [2.24, 2.45) is 0 Å². The molecule has 0 saturated carbocycles. The van der Waals surface area contributed by atoms with E-state index in [9.17, 15) is 9.59 Å². The van der Waals surface area contributed by atoms with E-state index in [0.717, 1.165) is 5.75 Å². The van der Waals surface area contributed by atoms with Gasteiger partial charge < -0.3 is 19.8 Å². The number of carbonyl (C=O) groups excluding carboxylic acids is 1. The maximum atomic E-state index is 12.9. The number of aromatic amines is 1. The Kier molecular flexibility index (Phi) is 5.99. The Morgan fingerprint density at radius 3 is 2.93 bits per heavy atom. The number of hydrogen-bond donors (Lipinski definition) is 2. The van der Waals surface area contributed by atoms with Crippen LogP contribution in [0.15, 0.2) is 53.6 Å². The van der Waals surface area contributed by atoms with Crippen molar-refractivity contribution in [2.45, 2.75) is 12.5 Å². The van der Waals surface area contributed by atoms with Crippen molar-refractivity contribution in [1.82, 2.24) is 20.3 Å². The standard InChI is InChI=1S/C21H20N4O4S/c1-30-8-6-15(24-21(27)13-4-5-17-18(9-13)29-12-28-17)16-10-19(26)25-20(23-16)14-3-2-7-22-11-14/h2-5,7,9-11,15H,6,8,12H2,1H3,(H,24,27)(H,23,25,26)/t15-/m1/s1. The van der Waals surface area contributed by atoms with Crippen LogP contribution in [0.4, 0.5) is 0 Å².